The van der Waals surface area contributed by atoms with Crippen molar-refractivity contribution in [2.24, 2.45) is 0 Å². The predicted octanol–water partition coefficient (Wildman–Crippen LogP) is 3.32. The van der Waals surface area contributed by atoms with Crippen LogP contribution in [-0.4, -0.2) is 11.6 Å². The lowest BCUT2D eigenvalue weighted by Crippen LogP contribution is -2.23. The molecule has 1 atom stereocenters. The summed E-state index contributed by atoms with van der Waals surface area (Å²) in [7, 11) is 0. The number of halogens is 1. The minimum Gasteiger partial charge on any atom is -0.489 e. The van der Waals surface area contributed by atoms with Crippen LogP contribution < -0.4 is 10.1 Å². The fraction of sp³-hybridized carbons (Fsp3) is 0.167. The van der Waals surface area contributed by atoms with Crippen LogP contribution in [0.2, 0.25) is 0 Å². The summed E-state index contributed by atoms with van der Waals surface area (Å²) in [5.74, 6) is 0.904. The maximum atomic E-state index is 5.73. The average Bonchev–Trinajstić information content (AvgIpc) is 2.82. The van der Waals surface area contributed by atoms with Gasteiger partial charge in [-0.2, -0.15) is 0 Å². The van der Waals surface area contributed by atoms with E-state index in [1.54, 1.807) is 0 Å². The van der Waals surface area contributed by atoms with Gasteiger partial charge in [0.2, 0.25) is 0 Å². The van der Waals surface area contributed by atoms with Crippen LogP contribution >= 0.6 is 15.9 Å². The van der Waals surface area contributed by atoms with Crippen molar-refractivity contribution in [3.63, 3.8) is 0 Å². The maximum absolute atomic E-state index is 5.73. The molecular weight excluding hydrogens is 268 g/mol. The molecule has 16 heavy (non-hydrogen) atoms. The summed E-state index contributed by atoms with van der Waals surface area (Å²) >= 11 is 3.43. The van der Waals surface area contributed by atoms with Gasteiger partial charge in [-0.25, -0.2) is 0 Å². The van der Waals surface area contributed by atoms with Crippen molar-refractivity contribution in [1.82, 2.24) is 4.98 Å². The second-order valence-corrected chi connectivity index (χ2v) is 4.71. The van der Waals surface area contributed by atoms with Crippen molar-refractivity contribution in [3.8, 4) is 5.75 Å². The Bertz CT molecular complexity index is 496. The molecule has 1 unspecified atom stereocenters. The summed E-state index contributed by atoms with van der Waals surface area (Å²) in [6, 6.07) is 8.30. The highest BCUT2D eigenvalue weighted by atomic mass is 79.9. The van der Waals surface area contributed by atoms with Gasteiger partial charge >= 0.3 is 0 Å². The highest BCUT2D eigenvalue weighted by molar-refractivity contribution is 9.10. The third-order valence-corrected chi connectivity index (χ3v) is 3.20. The lowest BCUT2D eigenvalue weighted by Gasteiger charge is -2.27. The molecule has 82 valence electrons. The van der Waals surface area contributed by atoms with Crippen molar-refractivity contribution in [2.75, 3.05) is 11.9 Å². The smallest absolute Gasteiger partial charge is 0.143 e. The topological polar surface area (TPSA) is 37.0 Å². The van der Waals surface area contributed by atoms with E-state index in [0.717, 1.165) is 15.9 Å². The summed E-state index contributed by atoms with van der Waals surface area (Å²) < 4.78 is 6.77. The molecule has 0 radical (unpaired) electrons. The highest BCUT2D eigenvalue weighted by Gasteiger charge is 2.20. The summed E-state index contributed by atoms with van der Waals surface area (Å²) in [6.07, 6.45) is 3.92. The van der Waals surface area contributed by atoms with Crippen molar-refractivity contribution >= 4 is 21.6 Å². The normalized spacial score (nSPS) is 18.4. The van der Waals surface area contributed by atoms with Crippen molar-refractivity contribution in [3.05, 3.63) is 46.7 Å². The van der Waals surface area contributed by atoms with Crippen LogP contribution in [0.3, 0.4) is 0 Å². The quantitative estimate of drug-likeness (QED) is 0.840. The van der Waals surface area contributed by atoms with Gasteiger partial charge in [0.25, 0.3) is 0 Å². The SMILES string of the molecule is Brc1ccc2c(c1)OCC(c1cc[nH]c1)N2. The van der Waals surface area contributed by atoms with Crippen LogP contribution in [0.1, 0.15) is 11.6 Å². The van der Waals surface area contributed by atoms with E-state index < -0.39 is 0 Å². The molecule has 3 nitrogen and oxygen atoms in total. The number of nitrogens with one attached hydrogen (secondary N) is 2. The molecular formula is C12H11BrN2O. The van der Waals surface area contributed by atoms with E-state index in [1.807, 2.05) is 30.6 Å². The Labute approximate surface area is 102 Å². The number of anilines is 1. The van der Waals surface area contributed by atoms with E-state index >= 15 is 0 Å². The Morgan fingerprint density at radius 2 is 2.25 bits per heavy atom. The fourth-order valence-corrected chi connectivity index (χ4v) is 2.21. The number of fused-ring (bicyclic) bond motifs is 1. The molecule has 0 saturated heterocycles. The Balaban J connectivity index is 1.89. The average molecular weight is 279 g/mol. The second-order valence-electron chi connectivity index (χ2n) is 3.79. The van der Waals surface area contributed by atoms with Crippen LogP contribution in [0.5, 0.6) is 5.75 Å². The Morgan fingerprint density at radius 3 is 3.06 bits per heavy atom. The highest BCUT2D eigenvalue weighted by Crippen LogP contribution is 2.35. The minimum atomic E-state index is 0.222. The van der Waals surface area contributed by atoms with Gasteiger partial charge in [0.05, 0.1) is 11.7 Å². The van der Waals surface area contributed by atoms with Crippen LogP contribution in [0.4, 0.5) is 5.69 Å². The molecule has 0 bridgehead atoms. The first-order valence-electron chi connectivity index (χ1n) is 5.14. The zero-order chi connectivity index (χ0) is 11.0. The van der Waals surface area contributed by atoms with Gasteiger partial charge < -0.3 is 15.0 Å². The molecule has 2 heterocycles. The summed E-state index contributed by atoms with van der Waals surface area (Å²) in [4.78, 5) is 3.06. The molecule has 0 amide bonds. The number of hydrogen-bond acceptors (Lipinski definition) is 2. The fourth-order valence-electron chi connectivity index (χ4n) is 1.87. The predicted molar refractivity (Wildman–Crippen MR) is 66.8 cm³/mol. The third kappa shape index (κ3) is 1.69. The van der Waals surface area contributed by atoms with Crippen LogP contribution in [0.25, 0.3) is 0 Å². The molecule has 2 aromatic rings. The van der Waals surface area contributed by atoms with Gasteiger partial charge in [-0.3, -0.25) is 0 Å². The zero-order valence-electron chi connectivity index (χ0n) is 8.53. The van der Waals surface area contributed by atoms with E-state index in [2.05, 4.69) is 32.3 Å². The lowest BCUT2D eigenvalue weighted by atomic mass is 10.1. The largest absolute Gasteiger partial charge is 0.489 e. The molecule has 0 saturated carbocycles. The molecule has 0 aliphatic carbocycles. The van der Waals surface area contributed by atoms with Crippen LogP contribution in [0.15, 0.2) is 41.1 Å². The molecule has 2 N–H and O–H groups in total. The molecule has 3 rings (SSSR count). The van der Waals surface area contributed by atoms with Gasteiger partial charge in [-0.15, -0.1) is 0 Å². The molecule has 0 fully saturated rings. The second kappa shape index (κ2) is 3.87. The van der Waals surface area contributed by atoms with E-state index in [-0.39, 0.29) is 6.04 Å². The first-order valence-corrected chi connectivity index (χ1v) is 5.94. The molecule has 4 heteroatoms. The van der Waals surface area contributed by atoms with Gasteiger partial charge in [-0.1, -0.05) is 15.9 Å². The number of benzene rings is 1. The van der Waals surface area contributed by atoms with Gasteiger partial charge in [-0.05, 0) is 29.8 Å². The summed E-state index contributed by atoms with van der Waals surface area (Å²) in [6.45, 7) is 0.654. The zero-order valence-corrected chi connectivity index (χ0v) is 10.1. The van der Waals surface area contributed by atoms with E-state index in [4.69, 9.17) is 4.74 Å². The van der Waals surface area contributed by atoms with Gasteiger partial charge in [0, 0.05) is 16.9 Å². The first-order chi connectivity index (χ1) is 7.83. The van der Waals surface area contributed by atoms with Crippen LogP contribution in [-0.2, 0) is 0 Å². The lowest BCUT2D eigenvalue weighted by molar-refractivity contribution is 0.286. The Hall–Kier alpha value is -1.42. The number of aromatic amines is 1. The standard InChI is InChI=1S/C12H11BrN2O/c13-9-1-2-10-12(5-9)16-7-11(15-10)8-3-4-14-6-8/h1-6,11,14-15H,7H2. The van der Waals surface area contributed by atoms with Gasteiger partial charge in [0.1, 0.15) is 12.4 Å². The Kier molecular flexibility index (Phi) is 2.36. The minimum absolute atomic E-state index is 0.222. The van der Waals surface area contributed by atoms with Crippen LogP contribution in [0, 0.1) is 0 Å². The van der Waals surface area contributed by atoms with E-state index in [1.165, 1.54) is 5.56 Å². The van der Waals surface area contributed by atoms with Crippen molar-refractivity contribution < 1.29 is 4.74 Å². The van der Waals surface area contributed by atoms with Crippen molar-refractivity contribution in [2.45, 2.75) is 6.04 Å². The summed E-state index contributed by atoms with van der Waals surface area (Å²) in [5, 5.41) is 3.46. The number of ether oxygens (including phenoxy) is 1. The first kappa shape index (κ1) is 9.78. The van der Waals surface area contributed by atoms with Gasteiger partial charge in [0.15, 0.2) is 0 Å². The molecule has 0 spiro atoms. The third-order valence-electron chi connectivity index (χ3n) is 2.70. The maximum Gasteiger partial charge on any atom is 0.143 e. The monoisotopic (exact) mass is 278 g/mol. The molecule has 1 aromatic heterocycles. The number of H-pyrrole nitrogens is 1. The van der Waals surface area contributed by atoms with Crippen molar-refractivity contribution in [1.29, 1.82) is 0 Å². The Morgan fingerprint density at radius 1 is 1.31 bits per heavy atom. The number of rotatable bonds is 1. The summed E-state index contributed by atoms with van der Waals surface area (Å²) in [5.41, 5.74) is 2.26. The number of aromatic nitrogens is 1. The van der Waals surface area contributed by atoms with E-state index in [9.17, 15) is 0 Å². The molecule has 1 aliphatic heterocycles. The molecule has 1 aromatic carbocycles. The van der Waals surface area contributed by atoms with E-state index in [0.29, 0.717) is 6.61 Å². The number of hydrogen-bond donors (Lipinski definition) is 2. The molecule has 1 aliphatic rings.